The highest BCUT2D eigenvalue weighted by Gasteiger charge is 2.46. The topological polar surface area (TPSA) is 407 Å². The number of esters is 1. The molecule has 8 rings (SSSR count). The van der Waals surface area contributed by atoms with E-state index in [1.54, 1.807) is 50.2 Å². The first-order chi connectivity index (χ1) is 43.6. The number of aryl methyl sites for hydroxylation is 1. The zero-order chi connectivity index (χ0) is 65.5. The van der Waals surface area contributed by atoms with Crippen molar-refractivity contribution in [3.63, 3.8) is 0 Å². The molecule has 2 aromatic heterocycles. The molecule has 0 spiro atoms. The van der Waals surface area contributed by atoms with E-state index in [1.165, 1.54) is 10.6 Å². The predicted molar refractivity (Wildman–Crippen MR) is 316 cm³/mol. The van der Waals surface area contributed by atoms with Gasteiger partial charge < -0.3 is 71.5 Å². The summed E-state index contributed by atoms with van der Waals surface area (Å²) < 4.78 is 32.8. The van der Waals surface area contributed by atoms with Crippen molar-refractivity contribution < 1.29 is 86.3 Å². The van der Waals surface area contributed by atoms with E-state index in [0.717, 1.165) is 22.6 Å². The van der Waals surface area contributed by atoms with Crippen molar-refractivity contribution in [2.45, 2.75) is 109 Å². The first-order valence-electron chi connectivity index (χ1n) is 29.6. The van der Waals surface area contributed by atoms with Crippen LogP contribution in [0.3, 0.4) is 0 Å². The van der Waals surface area contributed by atoms with Gasteiger partial charge in [0.05, 0.1) is 87.5 Å². The summed E-state index contributed by atoms with van der Waals surface area (Å²) in [6.07, 6.45) is 1.91. The molecule has 0 radical (unpaired) electrons. The number of pyridine rings is 2. The number of benzene rings is 2. The van der Waals surface area contributed by atoms with E-state index in [2.05, 4.69) is 42.5 Å². The molecule has 5 heterocycles. The number of fused-ring (bicyclic) bond motifs is 5. The fraction of sp³-hybridized carbons (Fsp3) is 0.443. The van der Waals surface area contributed by atoms with Crippen LogP contribution in [-0.2, 0) is 103 Å². The first-order valence-corrected chi connectivity index (χ1v) is 29.6. The number of imide groups is 1. The van der Waals surface area contributed by atoms with Gasteiger partial charge in [0.25, 0.3) is 17.4 Å². The van der Waals surface area contributed by atoms with Gasteiger partial charge in [0.1, 0.15) is 24.5 Å². The largest absolute Gasteiger partial charge is 0.481 e. The quantitative estimate of drug-likeness (QED) is 0.0132. The van der Waals surface area contributed by atoms with E-state index >= 15 is 4.39 Å². The molecule has 0 saturated heterocycles. The molecule has 4 aromatic rings. The number of carbonyl (C=O) groups is 12. The number of hydrogen-bond acceptors (Lipinski definition) is 18. The van der Waals surface area contributed by atoms with Crippen molar-refractivity contribution in [1.29, 1.82) is 0 Å². The van der Waals surface area contributed by atoms with Crippen molar-refractivity contribution >= 4 is 81.9 Å². The van der Waals surface area contributed by atoms with Crippen molar-refractivity contribution in [2.24, 2.45) is 0 Å². The number of rotatable bonds is 32. The minimum absolute atomic E-state index is 0.0270. The Labute approximate surface area is 518 Å². The second-order valence-corrected chi connectivity index (χ2v) is 21.9. The van der Waals surface area contributed by atoms with E-state index in [1.807, 2.05) is 0 Å². The summed E-state index contributed by atoms with van der Waals surface area (Å²) in [5.41, 5.74) is 1.83. The lowest BCUT2D eigenvalue weighted by Crippen LogP contribution is -2.53. The summed E-state index contributed by atoms with van der Waals surface area (Å²) in [6.45, 7) is 1.31. The van der Waals surface area contributed by atoms with Crippen molar-refractivity contribution in [3.8, 4) is 11.4 Å². The predicted octanol–water partition coefficient (Wildman–Crippen LogP) is -1.58. The monoisotopic (exact) mass is 1260 g/mol. The van der Waals surface area contributed by atoms with Gasteiger partial charge in [-0.15, -0.1) is 0 Å². The molecule has 484 valence electrons. The molecule has 0 saturated carbocycles. The van der Waals surface area contributed by atoms with E-state index in [9.17, 15) is 72.5 Å². The molecule has 29 nitrogen and oxygen atoms in total. The smallest absolute Gasteiger partial charge is 0.343 e. The number of nitrogens with zero attached hydrogens (tertiary/aromatic N) is 3. The number of aliphatic carboxylic acids is 1. The number of aliphatic hydroxyl groups is 1. The second kappa shape index (κ2) is 30.6. The van der Waals surface area contributed by atoms with Crippen LogP contribution in [0.15, 0.2) is 59.4 Å². The SMILES string of the molecule is CC[C@@]1(O)C(=O)OCc2c1cc1n(c2=O)Cc2c-1nc1cc(F)c(C)c3c1c2[C@@H](NC(=O)CCCNC(=O)CNC(=O)[C@H](Cc1ccccc1)NC(=O)CNC(=O)CNC(=O)[C@H](CC(=O)O)NC(=O)CCOCCOCCNC(=O)CCN1C(=O)C=CC1=O)CC3. The molecule has 10 amide bonds. The Morgan fingerprint density at radius 3 is 2.11 bits per heavy atom. The summed E-state index contributed by atoms with van der Waals surface area (Å²) in [7, 11) is 0. The maximum absolute atomic E-state index is 15.4. The first kappa shape index (κ1) is 67.1. The van der Waals surface area contributed by atoms with Crippen LogP contribution in [0.1, 0.15) is 96.9 Å². The van der Waals surface area contributed by atoms with Crippen LogP contribution in [0.25, 0.3) is 22.3 Å². The molecule has 30 heteroatoms. The van der Waals surface area contributed by atoms with Gasteiger partial charge >= 0.3 is 11.9 Å². The van der Waals surface area contributed by atoms with Crippen LogP contribution in [-0.4, -0.2) is 173 Å². The third-order valence-corrected chi connectivity index (χ3v) is 15.8. The molecule has 1 aliphatic carbocycles. The van der Waals surface area contributed by atoms with Crippen LogP contribution in [0.5, 0.6) is 0 Å². The summed E-state index contributed by atoms with van der Waals surface area (Å²) in [5, 5.41) is 41.6. The Morgan fingerprint density at radius 2 is 1.41 bits per heavy atom. The van der Waals surface area contributed by atoms with Gasteiger partial charge in [-0.05, 0) is 60.9 Å². The summed E-state index contributed by atoms with van der Waals surface area (Å²) in [4.78, 5) is 171. The number of amides is 10. The molecule has 0 bridgehead atoms. The lowest BCUT2D eigenvalue weighted by Gasteiger charge is -2.31. The molecular weight excluding hydrogens is 1190 g/mol. The van der Waals surface area contributed by atoms with Gasteiger partial charge in [-0.2, -0.15) is 0 Å². The Balaban J connectivity index is 0.745. The van der Waals surface area contributed by atoms with Crippen LogP contribution in [0.2, 0.25) is 0 Å². The summed E-state index contributed by atoms with van der Waals surface area (Å²) >= 11 is 0. The number of aromatic nitrogens is 2. The van der Waals surface area contributed by atoms with E-state index < -0.39 is 120 Å². The molecule has 2 aromatic carbocycles. The van der Waals surface area contributed by atoms with Gasteiger partial charge in [-0.25, -0.2) is 14.2 Å². The zero-order valence-corrected chi connectivity index (χ0v) is 49.9. The zero-order valence-electron chi connectivity index (χ0n) is 49.9. The number of carboxylic acid groups (broad SMARTS) is 1. The third-order valence-electron chi connectivity index (χ3n) is 15.8. The van der Waals surface area contributed by atoms with Crippen LogP contribution in [0, 0.1) is 12.7 Å². The molecule has 4 aliphatic rings. The van der Waals surface area contributed by atoms with Crippen molar-refractivity contribution in [2.75, 3.05) is 65.7 Å². The van der Waals surface area contributed by atoms with Crippen LogP contribution in [0.4, 0.5) is 4.39 Å². The normalized spacial score (nSPS) is 16.5. The lowest BCUT2D eigenvalue weighted by molar-refractivity contribution is -0.172. The number of hydrogen-bond donors (Lipinski definition) is 10. The van der Waals surface area contributed by atoms with Crippen molar-refractivity contribution in [1.82, 2.24) is 57.0 Å². The number of cyclic esters (lactones) is 1. The van der Waals surface area contributed by atoms with Gasteiger partial charge in [-0.3, -0.25) is 62.4 Å². The molecule has 3 aliphatic heterocycles. The fourth-order valence-electron chi connectivity index (χ4n) is 11.0. The van der Waals surface area contributed by atoms with Gasteiger partial charge in [0.2, 0.25) is 47.3 Å². The summed E-state index contributed by atoms with van der Waals surface area (Å²) in [6, 6.07) is 8.04. The second-order valence-electron chi connectivity index (χ2n) is 21.9. The Bertz CT molecular complexity index is 3630. The standard InChI is InChI=1S/C61H70FN11O18/c1-3-61(88)38-25-44-56-36(31-73(44)59(86)37(38)32-91-60(61)87)55-40(12-11-35-33(2)39(62)26-41(71-56)54(35)55)68-46(75)10-7-17-63-48(77)28-66-57(84)42(24-34-8-5-4-6-9-34)70-50(79)30-65-49(78)29-67-58(85)43(27-53(82)83)69-47(76)16-20-89-22-23-90-21-18-64-45(74)15-19-72-51(80)13-14-52(72)81/h4-6,8-9,13-14,25-26,40,42-43,88H,3,7,10-12,15-24,27-32H2,1-2H3,(H,63,77)(H,64,74)(H,65,78)(H,66,84)(H,67,85)(H,68,75)(H,69,76)(H,70,79)(H,82,83)/t40-,42-,43-,61-/m0/s1. The number of nitrogens with one attached hydrogen (secondary N) is 8. The molecule has 0 unspecified atom stereocenters. The Morgan fingerprint density at radius 1 is 0.747 bits per heavy atom. The third kappa shape index (κ3) is 16.7. The minimum atomic E-state index is -2.06. The van der Waals surface area contributed by atoms with E-state index in [4.69, 9.17) is 19.2 Å². The number of carbonyl (C=O) groups excluding carboxylic acids is 11. The lowest BCUT2D eigenvalue weighted by atomic mass is 9.81. The highest BCUT2D eigenvalue weighted by molar-refractivity contribution is 6.13. The number of carboxylic acids is 1. The fourth-order valence-corrected chi connectivity index (χ4v) is 11.0. The highest BCUT2D eigenvalue weighted by atomic mass is 19.1. The van der Waals surface area contributed by atoms with Crippen LogP contribution >= 0.6 is 0 Å². The van der Waals surface area contributed by atoms with E-state index in [-0.39, 0.29) is 121 Å². The van der Waals surface area contributed by atoms with Gasteiger partial charge in [-0.1, -0.05) is 37.3 Å². The average molecular weight is 1260 g/mol. The maximum atomic E-state index is 15.4. The minimum Gasteiger partial charge on any atom is -0.481 e. The average Bonchev–Trinajstić information content (AvgIpc) is 1.63. The molecular formula is C61H70FN11O18. The number of ether oxygens (including phenoxy) is 3. The molecule has 0 fully saturated rings. The molecule has 91 heavy (non-hydrogen) atoms. The number of halogens is 1. The van der Waals surface area contributed by atoms with Gasteiger partial charge in [0, 0.05) is 80.0 Å². The van der Waals surface area contributed by atoms with Gasteiger partial charge in [0.15, 0.2) is 5.60 Å². The van der Waals surface area contributed by atoms with Crippen LogP contribution < -0.4 is 48.1 Å². The molecule has 4 atom stereocenters. The summed E-state index contributed by atoms with van der Waals surface area (Å²) in [5.74, 6) is -9.34. The molecule has 10 N–H and O–H groups in total. The Kier molecular flexibility index (Phi) is 22.6. The highest BCUT2D eigenvalue weighted by Crippen LogP contribution is 2.46. The van der Waals surface area contributed by atoms with E-state index in [0.29, 0.717) is 57.4 Å². The Hall–Kier alpha value is -9.81. The maximum Gasteiger partial charge on any atom is 0.343 e. The van der Waals surface area contributed by atoms with Crippen molar-refractivity contribution in [3.05, 3.63) is 110 Å².